The summed E-state index contributed by atoms with van der Waals surface area (Å²) >= 11 is 0. The first-order valence-electron chi connectivity index (χ1n) is 11.3. The summed E-state index contributed by atoms with van der Waals surface area (Å²) < 4.78 is 5.62. The minimum Gasteiger partial charge on any atom is -0.481 e. The largest absolute Gasteiger partial charge is 0.481 e. The van der Waals surface area contributed by atoms with Gasteiger partial charge in [-0.3, -0.25) is 9.59 Å². The molecule has 1 aromatic carbocycles. The van der Waals surface area contributed by atoms with E-state index in [0.717, 1.165) is 5.56 Å². The highest BCUT2D eigenvalue weighted by Gasteiger charge is 2.51. The summed E-state index contributed by atoms with van der Waals surface area (Å²) in [6.07, 6.45) is -7.09. The maximum absolute atomic E-state index is 11.4. The summed E-state index contributed by atoms with van der Waals surface area (Å²) in [5, 5.41) is 43.1. The molecule has 1 aromatic heterocycles. The number of hydrogen-bond acceptors (Lipinski definition) is 12. The van der Waals surface area contributed by atoms with Crippen LogP contribution in [-0.2, 0) is 20.7 Å². The molecule has 4 rings (SSSR count). The van der Waals surface area contributed by atoms with E-state index in [4.69, 9.17) is 16.2 Å². The van der Waals surface area contributed by atoms with Gasteiger partial charge in [0.1, 0.15) is 24.0 Å². The second kappa shape index (κ2) is 10.5. The van der Waals surface area contributed by atoms with E-state index in [2.05, 4.69) is 15.3 Å². The number of nitrogens with one attached hydrogen (secondary N) is 1. The summed E-state index contributed by atoms with van der Waals surface area (Å²) in [5.74, 6) is -1.55. The van der Waals surface area contributed by atoms with Gasteiger partial charge in [-0.2, -0.15) is 9.97 Å². The van der Waals surface area contributed by atoms with Crippen molar-refractivity contribution in [3.8, 4) is 0 Å². The van der Waals surface area contributed by atoms with Crippen molar-refractivity contribution in [2.45, 2.75) is 43.5 Å². The Labute approximate surface area is 206 Å². The lowest BCUT2D eigenvalue weighted by Crippen LogP contribution is -2.46. The lowest BCUT2D eigenvalue weighted by molar-refractivity contribution is -0.138. The Hall–Kier alpha value is -3.72. The minimum atomic E-state index is -1.83. The van der Waals surface area contributed by atoms with E-state index in [1.165, 1.54) is 4.90 Å². The number of nitrogen functional groups attached to an aromatic ring is 1. The molecule has 3 heterocycles. The molecule has 1 amide bonds. The van der Waals surface area contributed by atoms with Gasteiger partial charge in [0.15, 0.2) is 24.0 Å². The molecule has 1 unspecified atom stereocenters. The van der Waals surface area contributed by atoms with Crippen molar-refractivity contribution in [2.24, 2.45) is 5.73 Å². The van der Waals surface area contributed by atoms with Crippen molar-refractivity contribution in [3.63, 3.8) is 0 Å². The van der Waals surface area contributed by atoms with Crippen LogP contribution in [0.1, 0.15) is 12.0 Å². The average Bonchev–Trinajstić information content (AvgIpc) is 3.40. The lowest BCUT2D eigenvalue weighted by Gasteiger charge is -2.28. The van der Waals surface area contributed by atoms with Crippen molar-refractivity contribution in [2.75, 3.05) is 40.6 Å². The van der Waals surface area contributed by atoms with Gasteiger partial charge in [0.2, 0.25) is 11.9 Å². The smallest absolute Gasteiger partial charge is 0.305 e. The molecule has 0 radical (unpaired) electrons. The number of fused-ring (bicyclic) bond motifs is 1. The molecule has 194 valence electrons. The number of anilines is 4. The third-order valence-corrected chi connectivity index (χ3v) is 6.18. The highest BCUT2D eigenvalue weighted by Crippen LogP contribution is 2.39. The topological polar surface area (TPSA) is 221 Å². The van der Waals surface area contributed by atoms with Crippen LogP contribution >= 0.6 is 0 Å². The fourth-order valence-corrected chi connectivity index (χ4v) is 4.24. The fourth-order valence-electron chi connectivity index (χ4n) is 4.24. The summed E-state index contributed by atoms with van der Waals surface area (Å²) in [7, 11) is 0. The Balaban J connectivity index is 1.60. The second-order valence-electron chi connectivity index (χ2n) is 8.60. The van der Waals surface area contributed by atoms with Gasteiger partial charge in [0, 0.05) is 13.1 Å². The van der Waals surface area contributed by atoms with Crippen LogP contribution in [0.3, 0.4) is 0 Å². The Bertz CT molecular complexity index is 1110. The number of benzene rings is 1. The second-order valence-corrected chi connectivity index (χ2v) is 8.60. The number of ether oxygens (including phenoxy) is 1. The molecule has 2 aliphatic rings. The van der Waals surface area contributed by atoms with Gasteiger partial charge in [0.25, 0.3) is 0 Å². The van der Waals surface area contributed by atoms with E-state index in [0.29, 0.717) is 18.7 Å². The first-order chi connectivity index (χ1) is 17.2. The van der Waals surface area contributed by atoms with Crippen LogP contribution in [0.5, 0.6) is 0 Å². The minimum absolute atomic E-state index is 0.0740. The van der Waals surface area contributed by atoms with Crippen LogP contribution in [0, 0.1) is 0 Å². The molecule has 0 aliphatic carbocycles. The van der Waals surface area contributed by atoms with E-state index >= 15 is 0 Å². The normalized spacial score (nSPS) is 23.7. The number of aromatic nitrogens is 2. The Morgan fingerprint density at radius 2 is 1.92 bits per heavy atom. The summed E-state index contributed by atoms with van der Waals surface area (Å²) in [4.78, 5) is 34.8. The number of aliphatic hydroxyl groups is 3. The number of aliphatic hydroxyl groups excluding tert-OH is 3. The van der Waals surface area contributed by atoms with E-state index in [1.54, 1.807) is 4.90 Å². The molecule has 0 saturated carbocycles. The number of aliphatic carboxylic acids is 1. The van der Waals surface area contributed by atoms with Gasteiger partial charge in [-0.25, -0.2) is 0 Å². The summed E-state index contributed by atoms with van der Waals surface area (Å²) in [6.45, 7) is 0.615. The highest BCUT2D eigenvalue weighted by molar-refractivity contribution is 5.82. The fraction of sp³-hybridized carbons (Fsp3) is 0.455. The molecule has 9 N–H and O–H groups in total. The molecule has 14 heteroatoms. The van der Waals surface area contributed by atoms with Gasteiger partial charge >= 0.3 is 5.97 Å². The molecule has 0 bridgehead atoms. The molecule has 1 fully saturated rings. The standard InChI is InChI=1S/C22H29N7O7/c23-18-13-20(29(10-25-13)21-15(33)14(32)17(36-21)16(34)19(24)35)27-22(26-18)28(9-7-12(30)31)8-6-11-4-2-1-3-5-11/h1-5,14-17,21,25,32-34H,6-10H2,(H2,24,35)(H,30,31)(H2,23,26,27)/t14-,15+,16?,17-,21+/m0/s1. The summed E-state index contributed by atoms with van der Waals surface area (Å²) in [6, 6.07) is 9.64. The van der Waals surface area contributed by atoms with Gasteiger partial charge in [0.05, 0.1) is 13.1 Å². The Morgan fingerprint density at radius 3 is 2.58 bits per heavy atom. The van der Waals surface area contributed by atoms with E-state index < -0.39 is 42.5 Å². The first-order valence-corrected chi connectivity index (χ1v) is 11.3. The molecular weight excluding hydrogens is 474 g/mol. The number of amides is 1. The molecule has 0 spiro atoms. The molecular formula is C22H29N7O7. The third kappa shape index (κ3) is 5.11. The van der Waals surface area contributed by atoms with Gasteiger partial charge in [-0.15, -0.1) is 0 Å². The molecule has 2 aromatic rings. The maximum Gasteiger partial charge on any atom is 0.305 e. The zero-order valence-electron chi connectivity index (χ0n) is 19.3. The lowest BCUT2D eigenvalue weighted by atomic mass is 10.1. The molecule has 36 heavy (non-hydrogen) atoms. The van der Waals surface area contributed by atoms with Crippen molar-refractivity contribution in [1.29, 1.82) is 0 Å². The van der Waals surface area contributed by atoms with E-state index in [9.17, 15) is 30.0 Å². The molecule has 5 atom stereocenters. The van der Waals surface area contributed by atoms with Crippen molar-refractivity contribution in [3.05, 3.63) is 35.9 Å². The molecule has 1 saturated heterocycles. The van der Waals surface area contributed by atoms with Gasteiger partial charge < -0.3 is 51.7 Å². The first kappa shape index (κ1) is 25.4. The van der Waals surface area contributed by atoms with Crippen molar-refractivity contribution < 1.29 is 34.8 Å². The number of carbonyl (C=O) groups is 2. The van der Waals surface area contributed by atoms with Gasteiger partial charge in [-0.05, 0) is 12.0 Å². The molecule has 2 aliphatic heterocycles. The van der Waals surface area contributed by atoms with Crippen LogP contribution in [0.25, 0.3) is 0 Å². The van der Waals surface area contributed by atoms with Crippen LogP contribution in [0.15, 0.2) is 30.3 Å². The quantitative estimate of drug-likeness (QED) is 0.188. The zero-order chi connectivity index (χ0) is 26.0. The van der Waals surface area contributed by atoms with Crippen LogP contribution in [-0.4, -0.2) is 92.7 Å². The van der Waals surface area contributed by atoms with Crippen LogP contribution < -0.4 is 26.6 Å². The van der Waals surface area contributed by atoms with Crippen molar-refractivity contribution >= 4 is 35.1 Å². The SMILES string of the molecule is NC(=O)C(O)[C@H]1O[C@@H](N2CNc3c(N)nc(N(CCC(=O)O)CCc4ccccc4)nc32)[C@H](O)[C@@H]1O. The number of hydrogen-bond donors (Lipinski definition) is 7. The average molecular weight is 504 g/mol. The number of nitrogens with two attached hydrogens (primary N) is 2. The maximum atomic E-state index is 11.4. The third-order valence-electron chi connectivity index (χ3n) is 6.18. The van der Waals surface area contributed by atoms with Gasteiger partial charge in [-0.1, -0.05) is 30.3 Å². The molecule has 14 nitrogen and oxygen atoms in total. The highest BCUT2D eigenvalue weighted by atomic mass is 16.6. The number of rotatable bonds is 10. The number of nitrogens with zero attached hydrogens (tertiary/aromatic N) is 4. The Kier molecular flexibility index (Phi) is 7.40. The predicted molar refractivity (Wildman–Crippen MR) is 128 cm³/mol. The number of primary amides is 1. The van der Waals surface area contributed by atoms with E-state index in [-0.39, 0.29) is 37.2 Å². The van der Waals surface area contributed by atoms with Crippen molar-refractivity contribution in [1.82, 2.24) is 9.97 Å². The van der Waals surface area contributed by atoms with E-state index in [1.807, 2.05) is 30.3 Å². The number of carboxylic acid groups (broad SMARTS) is 1. The van der Waals surface area contributed by atoms with Crippen LogP contribution in [0.4, 0.5) is 23.3 Å². The number of carbonyl (C=O) groups excluding carboxylic acids is 1. The summed E-state index contributed by atoms with van der Waals surface area (Å²) in [5.41, 5.74) is 12.7. The van der Waals surface area contributed by atoms with Crippen LogP contribution in [0.2, 0.25) is 0 Å². The predicted octanol–water partition coefficient (Wildman–Crippen LogP) is -1.94. The zero-order valence-corrected chi connectivity index (χ0v) is 19.3. The monoisotopic (exact) mass is 503 g/mol. The Morgan fingerprint density at radius 1 is 1.19 bits per heavy atom. The number of carboxylic acids is 1.